The second-order valence-corrected chi connectivity index (χ2v) is 6.53. The number of carbonyl (C=O) groups is 1. The zero-order valence-electron chi connectivity index (χ0n) is 13.0. The molecule has 1 aliphatic carbocycles. The molecule has 5 heteroatoms. The molecule has 2 fully saturated rings. The van der Waals surface area contributed by atoms with Gasteiger partial charge in [0.2, 0.25) is 5.91 Å². The van der Waals surface area contributed by atoms with Crippen LogP contribution in [0.5, 0.6) is 0 Å². The summed E-state index contributed by atoms with van der Waals surface area (Å²) in [7, 11) is 1.92. The Morgan fingerprint density at radius 1 is 1.48 bits per heavy atom. The van der Waals surface area contributed by atoms with E-state index in [4.69, 9.17) is 0 Å². The number of amides is 1. The van der Waals surface area contributed by atoms with Crippen molar-refractivity contribution in [2.24, 2.45) is 18.9 Å². The van der Waals surface area contributed by atoms with Crippen molar-refractivity contribution in [3.05, 3.63) is 18.0 Å². The van der Waals surface area contributed by atoms with Crippen molar-refractivity contribution in [2.75, 3.05) is 13.1 Å². The molecule has 21 heavy (non-hydrogen) atoms. The quantitative estimate of drug-likeness (QED) is 0.881. The summed E-state index contributed by atoms with van der Waals surface area (Å²) in [5.74, 6) is 1.17. The summed E-state index contributed by atoms with van der Waals surface area (Å²) < 4.78 is 1.81. The molecule has 2 heterocycles. The van der Waals surface area contributed by atoms with Crippen LogP contribution < -0.4 is 10.6 Å². The molecule has 4 atom stereocenters. The lowest BCUT2D eigenvalue weighted by molar-refractivity contribution is -0.125. The molecule has 3 rings (SSSR count). The van der Waals surface area contributed by atoms with E-state index in [1.165, 1.54) is 24.8 Å². The maximum absolute atomic E-state index is 12.7. The topological polar surface area (TPSA) is 59.0 Å². The van der Waals surface area contributed by atoms with Crippen molar-refractivity contribution in [2.45, 2.75) is 44.6 Å². The first-order valence-corrected chi connectivity index (χ1v) is 8.18. The van der Waals surface area contributed by atoms with E-state index in [1.807, 2.05) is 24.1 Å². The Kier molecular flexibility index (Phi) is 4.29. The molecule has 2 aliphatic rings. The number of hydrogen-bond donors (Lipinski definition) is 2. The van der Waals surface area contributed by atoms with Gasteiger partial charge in [-0.25, -0.2) is 0 Å². The smallest absolute Gasteiger partial charge is 0.225 e. The molecule has 0 radical (unpaired) electrons. The van der Waals surface area contributed by atoms with Crippen LogP contribution in [-0.4, -0.2) is 34.8 Å². The van der Waals surface area contributed by atoms with Crippen LogP contribution in [0.1, 0.15) is 44.1 Å². The van der Waals surface area contributed by atoms with Crippen molar-refractivity contribution in [3.63, 3.8) is 0 Å². The van der Waals surface area contributed by atoms with E-state index in [1.54, 1.807) is 0 Å². The van der Waals surface area contributed by atoms with Gasteiger partial charge in [0.05, 0.1) is 12.1 Å². The third kappa shape index (κ3) is 2.98. The van der Waals surface area contributed by atoms with Gasteiger partial charge in [-0.15, -0.1) is 0 Å². The van der Waals surface area contributed by atoms with E-state index in [0.717, 1.165) is 19.5 Å². The molecule has 1 amide bonds. The summed E-state index contributed by atoms with van der Waals surface area (Å²) in [6.07, 6.45) is 8.74. The largest absolute Gasteiger partial charge is 0.353 e. The fraction of sp³-hybridized carbons (Fsp3) is 0.750. The Balaban J connectivity index is 1.66. The first-order valence-electron chi connectivity index (χ1n) is 8.18. The van der Waals surface area contributed by atoms with Gasteiger partial charge in [0.15, 0.2) is 0 Å². The van der Waals surface area contributed by atoms with Crippen LogP contribution in [0.3, 0.4) is 0 Å². The molecule has 0 bridgehead atoms. The molecule has 2 unspecified atom stereocenters. The number of carbonyl (C=O) groups excluding carboxylic acids is 1. The van der Waals surface area contributed by atoms with Gasteiger partial charge in [-0.3, -0.25) is 9.48 Å². The minimum Gasteiger partial charge on any atom is -0.353 e. The monoisotopic (exact) mass is 290 g/mol. The number of hydrogen-bond acceptors (Lipinski definition) is 3. The van der Waals surface area contributed by atoms with Crippen molar-refractivity contribution >= 4 is 5.91 Å². The van der Waals surface area contributed by atoms with Crippen LogP contribution in [0, 0.1) is 11.8 Å². The molecule has 1 aromatic heterocycles. The Labute approximate surface area is 126 Å². The van der Waals surface area contributed by atoms with E-state index < -0.39 is 0 Å². The molecule has 2 N–H and O–H groups in total. The summed E-state index contributed by atoms with van der Waals surface area (Å²) in [5, 5.41) is 10.9. The third-order valence-corrected chi connectivity index (χ3v) is 5.22. The second-order valence-electron chi connectivity index (χ2n) is 6.53. The fourth-order valence-corrected chi connectivity index (χ4v) is 3.94. The van der Waals surface area contributed by atoms with Crippen molar-refractivity contribution in [1.82, 2.24) is 20.4 Å². The van der Waals surface area contributed by atoms with Crippen LogP contribution in [-0.2, 0) is 11.8 Å². The molecule has 1 saturated carbocycles. The minimum atomic E-state index is 0.0345. The zero-order valence-corrected chi connectivity index (χ0v) is 13.0. The first-order chi connectivity index (χ1) is 10.2. The van der Waals surface area contributed by atoms with E-state index in [9.17, 15) is 4.79 Å². The van der Waals surface area contributed by atoms with Crippen LogP contribution >= 0.6 is 0 Å². The van der Waals surface area contributed by atoms with Gasteiger partial charge in [-0.05, 0) is 24.3 Å². The molecule has 0 spiro atoms. The lowest BCUT2D eigenvalue weighted by Crippen LogP contribution is -2.42. The highest BCUT2D eigenvalue weighted by atomic mass is 16.2. The van der Waals surface area contributed by atoms with Crippen LogP contribution in [0.15, 0.2) is 12.4 Å². The molecular weight excluding hydrogens is 264 g/mol. The number of aryl methyl sites for hydroxylation is 1. The summed E-state index contributed by atoms with van der Waals surface area (Å²) >= 11 is 0. The Bertz CT molecular complexity index is 498. The lowest BCUT2D eigenvalue weighted by atomic mass is 9.89. The van der Waals surface area contributed by atoms with Gasteiger partial charge in [-0.1, -0.05) is 19.8 Å². The summed E-state index contributed by atoms with van der Waals surface area (Å²) in [4.78, 5) is 12.7. The molecule has 116 valence electrons. The lowest BCUT2D eigenvalue weighted by Gasteiger charge is -2.23. The van der Waals surface area contributed by atoms with Crippen molar-refractivity contribution in [3.8, 4) is 0 Å². The first kappa shape index (κ1) is 14.6. The fourth-order valence-electron chi connectivity index (χ4n) is 3.94. The summed E-state index contributed by atoms with van der Waals surface area (Å²) in [6, 6.07) is 0.387. The summed E-state index contributed by atoms with van der Waals surface area (Å²) in [6.45, 7) is 3.87. The molecule has 0 aromatic carbocycles. The minimum absolute atomic E-state index is 0.0345. The number of rotatable bonds is 4. The highest BCUT2D eigenvalue weighted by molar-refractivity contribution is 5.80. The Hall–Kier alpha value is -1.36. The van der Waals surface area contributed by atoms with Gasteiger partial charge >= 0.3 is 0 Å². The normalized spacial score (nSPS) is 32.5. The second kappa shape index (κ2) is 6.18. The van der Waals surface area contributed by atoms with Crippen molar-refractivity contribution < 1.29 is 4.79 Å². The standard InChI is InChI=1S/C16H26N4O/c1-3-11-5-4-6-15(11)19-16(21)14-9-17-8-13(14)12-7-18-20(2)10-12/h7,10-11,13-15,17H,3-6,8-9H2,1-2H3,(H,19,21)/t11?,13-,14+,15?/m1/s1. The van der Waals surface area contributed by atoms with Gasteiger partial charge < -0.3 is 10.6 Å². The number of aromatic nitrogens is 2. The van der Waals surface area contributed by atoms with E-state index >= 15 is 0 Å². The number of nitrogens with zero attached hydrogens (tertiary/aromatic N) is 2. The predicted octanol–water partition coefficient (Wildman–Crippen LogP) is 1.42. The Morgan fingerprint density at radius 3 is 3.05 bits per heavy atom. The van der Waals surface area contributed by atoms with Crippen LogP contribution in [0.4, 0.5) is 0 Å². The SMILES string of the molecule is CCC1CCCC1NC(=O)[C@H]1CNC[C@@H]1c1cnn(C)c1. The molecule has 1 aliphatic heterocycles. The average molecular weight is 290 g/mol. The zero-order chi connectivity index (χ0) is 14.8. The summed E-state index contributed by atoms with van der Waals surface area (Å²) in [5.41, 5.74) is 1.17. The average Bonchev–Trinajstić information content (AvgIpc) is 3.17. The maximum Gasteiger partial charge on any atom is 0.225 e. The molecule has 5 nitrogen and oxygen atoms in total. The van der Waals surface area contributed by atoms with Gasteiger partial charge in [0, 0.05) is 38.3 Å². The van der Waals surface area contributed by atoms with Gasteiger partial charge in [0.25, 0.3) is 0 Å². The van der Waals surface area contributed by atoms with Crippen LogP contribution in [0.25, 0.3) is 0 Å². The van der Waals surface area contributed by atoms with Crippen molar-refractivity contribution in [1.29, 1.82) is 0 Å². The molecule has 1 saturated heterocycles. The predicted molar refractivity (Wildman–Crippen MR) is 81.9 cm³/mol. The highest BCUT2D eigenvalue weighted by Gasteiger charge is 2.37. The van der Waals surface area contributed by atoms with Crippen LogP contribution in [0.2, 0.25) is 0 Å². The number of nitrogens with one attached hydrogen (secondary N) is 2. The highest BCUT2D eigenvalue weighted by Crippen LogP contribution is 2.31. The Morgan fingerprint density at radius 2 is 2.33 bits per heavy atom. The van der Waals surface area contributed by atoms with E-state index in [-0.39, 0.29) is 17.7 Å². The third-order valence-electron chi connectivity index (χ3n) is 5.22. The molecular formula is C16H26N4O. The van der Waals surface area contributed by atoms with E-state index in [0.29, 0.717) is 12.0 Å². The molecule has 1 aromatic rings. The van der Waals surface area contributed by atoms with E-state index in [2.05, 4.69) is 22.7 Å². The van der Waals surface area contributed by atoms with Gasteiger partial charge in [0.1, 0.15) is 0 Å². The van der Waals surface area contributed by atoms with Gasteiger partial charge in [-0.2, -0.15) is 5.10 Å². The maximum atomic E-state index is 12.7.